The number of furan rings is 1. The van der Waals surface area contributed by atoms with Gasteiger partial charge in [0, 0.05) is 32.3 Å². The Bertz CT molecular complexity index is 724. The average Bonchev–Trinajstić information content (AvgIpc) is 3.38. The summed E-state index contributed by atoms with van der Waals surface area (Å²) >= 11 is 0. The molecule has 2 fully saturated rings. The maximum atomic E-state index is 12.8. The Labute approximate surface area is 148 Å². The number of likely N-dealkylation sites (tertiary alicyclic amines) is 1. The second kappa shape index (κ2) is 6.67. The molecule has 1 saturated heterocycles. The maximum Gasteiger partial charge on any atom is 0.224 e. The summed E-state index contributed by atoms with van der Waals surface area (Å²) in [4.78, 5) is 19.5. The number of hydrogen-bond acceptors (Lipinski definition) is 4. The molecular formula is C19H26N4O2. The van der Waals surface area contributed by atoms with Crippen molar-refractivity contribution in [3.63, 3.8) is 0 Å². The lowest BCUT2D eigenvalue weighted by molar-refractivity contribution is -0.128. The summed E-state index contributed by atoms with van der Waals surface area (Å²) < 4.78 is 7.40. The third kappa shape index (κ3) is 3.23. The Morgan fingerprint density at radius 1 is 1.48 bits per heavy atom. The normalized spacial score (nSPS) is 26.5. The molecule has 2 atom stereocenters. The summed E-state index contributed by atoms with van der Waals surface area (Å²) in [5.41, 5.74) is 1.38. The molecule has 0 radical (unpaired) electrons. The molecule has 2 aromatic rings. The fourth-order valence-electron chi connectivity index (χ4n) is 4.63. The van der Waals surface area contributed by atoms with Crippen molar-refractivity contribution in [3.8, 4) is 0 Å². The van der Waals surface area contributed by atoms with E-state index in [1.807, 2.05) is 31.7 Å². The smallest absolute Gasteiger partial charge is 0.224 e. The molecule has 4 rings (SSSR count). The van der Waals surface area contributed by atoms with E-state index in [0.29, 0.717) is 6.54 Å². The van der Waals surface area contributed by atoms with Crippen molar-refractivity contribution in [2.75, 3.05) is 13.1 Å². The lowest BCUT2D eigenvalue weighted by atomic mass is 9.76. The third-order valence-corrected chi connectivity index (χ3v) is 6.01. The number of rotatable bonds is 5. The van der Waals surface area contributed by atoms with Crippen LogP contribution in [0.15, 0.2) is 35.3 Å². The lowest BCUT2D eigenvalue weighted by Gasteiger charge is -2.30. The standard InChI is InChI=1S/C19H26N4O2/c1-22-14-20-10-15(22)12-23-8-7-19(13-23)6-2-5-17(19)18(24)21-11-16-4-3-9-25-16/h3-4,9-10,14,17H,2,5-8,11-13H2,1H3,(H,21,24)/t17-,19-/m1/s1. The summed E-state index contributed by atoms with van der Waals surface area (Å²) in [6, 6.07) is 3.75. The van der Waals surface area contributed by atoms with Gasteiger partial charge in [-0.05, 0) is 43.4 Å². The van der Waals surface area contributed by atoms with Gasteiger partial charge in [0.25, 0.3) is 0 Å². The summed E-state index contributed by atoms with van der Waals surface area (Å²) in [7, 11) is 2.04. The fourth-order valence-corrected chi connectivity index (χ4v) is 4.63. The molecule has 3 heterocycles. The lowest BCUT2D eigenvalue weighted by Crippen LogP contribution is -2.40. The first-order valence-electron chi connectivity index (χ1n) is 9.14. The monoisotopic (exact) mass is 342 g/mol. The van der Waals surface area contributed by atoms with Crippen molar-refractivity contribution in [2.45, 2.75) is 38.8 Å². The molecule has 1 spiro atoms. The van der Waals surface area contributed by atoms with Crippen LogP contribution in [0.4, 0.5) is 0 Å². The molecule has 2 aliphatic rings. The number of aryl methyl sites for hydroxylation is 1. The molecule has 6 heteroatoms. The SMILES string of the molecule is Cn1cncc1CN1CC[C@]2(CCC[C@@H]2C(=O)NCc2ccco2)C1. The molecule has 6 nitrogen and oxygen atoms in total. The van der Waals surface area contributed by atoms with Gasteiger partial charge in [0.1, 0.15) is 5.76 Å². The third-order valence-electron chi connectivity index (χ3n) is 6.01. The highest BCUT2D eigenvalue weighted by Gasteiger charge is 2.50. The predicted octanol–water partition coefficient (Wildman–Crippen LogP) is 2.32. The van der Waals surface area contributed by atoms with Crippen LogP contribution in [-0.2, 0) is 24.9 Å². The Morgan fingerprint density at radius 2 is 2.40 bits per heavy atom. The van der Waals surface area contributed by atoms with E-state index in [2.05, 4.69) is 19.8 Å². The van der Waals surface area contributed by atoms with Crippen LogP contribution in [0.25, 0.3) is 0 Å². The van der Waals surface area contributed by atoms with E-state index in [1.54, 1.807) is 6.26 Å². The number of imidazole rings is 1. The van der Waals surface area contributed by atoms with Crippen LogP contribution in [0.3, 0.4) is 0 Å². The number of nitrogens with one attached hydrogen (secondary N) is 1. The largest absolute Gasteiger partial charge is 0.467 e. The number of aromatic nitrogens is 2. The predicted molar refractivity (Wildman–Crippen MR) is 93.4 cm³/mol. The van der Waals surface area contributed by atoms with E-state index in [9.17, 15) is 4.79 Å². The molecular weight excluding hydrogens is 316 g/mol. The molecule has 0 aromatic carbocycles. The van der Waals surface area contributed by atoms with Crippen LogP contribution in [-0.4, -0.2) is 33.4 Å². The quantitative estimate of drug-likeness (QED) is 0.906. The van der Waals surface area contributed by atoms with Crippen LogP contribution >= 0.6 is 0 Å². The van der Waals surface area contributed by atoms with Crippen molar-refractivity contribution in [1.82, 2.24) is 19.8 Å². The van der Waals surface area contributed by atoms with Crippen LogP contribution in [0.2, 0.25) is 0 Å². The number of hydrogen-bond donors (Lipinski definition) is 1. The Morgan fingerprint density at radius 3 is 3.16 bits per heavy atom. The van der Waals surface area contributed by atoms with Crippen LogP contribution in [0, 0.1) is 11.3 Å². The first-order chi connectivity index (χ1) is 12.2. The van der Waals surface area contributed by atoms with Gasteiger partial charge < -0.3 is 14.3 Å². The average molecular weight is 342 g/mol. The van der Waals surface area contributed by atoms with Gasteiger partial charge in [0.15, 0.2) is 0 Å². The van der Waals surface area contributed by atoms with Gasteiger partial charge in [0.2, 0.25) is 5.91 Å². The minimum absolute atomic E-state index is 0.124. The number of amides is 1. The fraction of sp³-hybridized carbons (Fsp3) is 0.579. The topological polar surface area (TPSA) is 63.3 Å². The highest BCUT2D eigenvalue weighted by molar-refractivity contribution is 5.80. The molecule has 1 aliphatic heterocycles. The summed E-state index contributed by atoms with van der Waals surface area (Å²) in [5.74, 6) is 1.12. The highest BCUT2D eigenvalue weighted by atomic mass is 16.3. The summed E-state index contributed by atoms with van der Waals surface area (Å²) in [6.07, 6.45) is 9.86. The van der Waals surface area contributed by atoms with Crippen molar-refractivity contribution in [3.05, 3.63) is 42.4 Å². The van der Waals surface area contributed by atoms with Gasteiger partial charge in [-0.1, -0.05) is 6.42 Å². The highest BCUT2D eigenvalue weighted by Crippen LogP contribution is 2.50. The number of carbonyl (C=O) groups is 1. The van der Waals surface area contributed by atoms with Crippen LogP contribution < -0.4 is 5.32 Å². The first kappa shape index (κ1) is 16.4. The van der Waals surface area contributed by atoms with Crippen molar-refractivity contribution in [2.24, 2.45) is 18.4 Å². The molecule has 1 N–H and O–H groups in total. The van der Waals surface area contributed by atoms with Crippen molar-refractivity contribution >= 4 is 5.91 Å². The van der Waals surface area contributed by atoms with Gasteiger partial charge in [-0.2, -0.15) is 0 Å². The van der Waals surface area contributed by atoms with E-state index in [1.165, 1.54) is 5.69 Å². The summed E-state index contributed by atoms with van der Waals surface area (Å²) in [6.45, 7) is 3.47. The van der Waals surface area contributed by atoms with Gasteiger partial charge in [-0.15, -0.1) is 0 Å². The molecule has 2 aromatic heterocycles. The number of nitrogens with zero attached hydrogens (tertiary/aromatic N) is 3. The van der Waals surface area contributed by atoms with E-state index in [-0.39, 0.29) is 17.2 Å². The summed E-state index contributed by atoms with van der Waals surface area (Å²) in [5, 5.41) is 3.08. The molecule has 1 saturated carbocycles. The Kier molecular flexibility index (Phi) is 4.37. The zero-order chi connectivity index (χ0) is 17.3. The second-order valence-corrected chi connectivity index (χ2v) is 7.56. The van der Waals surface area contributed by atoms with Gasteiger partial charge in [-0.3, -0.25) is 9.69 Å². The van der Waals surface area contributed by atoms with E-state index in [0.717, 1.165) is 51.1 Å². The van der Waals surface area contributed by atoms with Gasteiger partial charge in [0.05, 0.1) is 24.8 Å². The first-order valence-corrected chi connectivity index (χ1v) is 9.14. The minimum atomic E-state index is 0.124. The molecule has 0 bridgehead atoms. The molecule has 134 valence electrons. The molecule has 25 heavy (non-hydrogen) atoms. The minimum Gasteiger partial charge on any atom is -0.467 e. The van der Waals surface area contributed by atoms with E-state index in [4.69, 9.17) is 4.42 Å². The molecule has 1 amide bonds. The van der Waals surface area contributed by atoms with Gasteiger partial charge >= 0.3 is 0 Å². The van der Waals surface area contributed by atoms with E-state index >= 15 is 0 Å². The zero-order valence-electron chi connectivity index (χ0n) is 14.8. The zero-order valence-corrected chi connectivity index (χ0v) is 14.8. The Balaban J connectivity index is 1.38. The van der Waals surface area contributed by atoms with Gasteiger partial charge in [-0.25, -0.2) is 4.98 Å². The number of carbonyl (C=O) groups excluding carboxylic acids is 1. The Hall–Kier alpha value is -2.08. The van der Waals surface area contributed by atoms with Crippen LogP contribution in [0.1, 0.15) is 37.1 Å². The van der Waals surface area contributed by atoms with E-state index < -0.39 is 0 Å². The second-order valence-electron chi connectivity index (χ2n) is 7.56. The molecule has 0 unspecified atom stereocenters. The van der Waals surface area contributed by atoms with Crippen molar-refractivity contribution in [1.29, 1.82) is 0 Å². The van der Waals surface area contributed by atoms with Crippen LogP contribution in [0.5, 0.6) is 0 Å². The molecule has 1 aliphatic carbocycles. The maximum absolute atomic E-state index is 12.8. The van der Waals surface area contributed by atoms with Crippen molar-refractivity contribution < 1.29 is 9.21 Å².